The molecule has 0 atom stereocenters. The van der Waals surface area contributed by atoms with Gasteiger partial charge in [-0.3, -0.25) is 4.79 Å². The fourth-order valence-corrected chi connectivity index (χ4v) is 1.94. The van der Waals surface area contributed by atoms with Crippen molar-refractivity contribution in [2.75, 3.05) is 0 Å². The van der Waals surface area contributed by atoms with Gasteiger partial charge in [-0.15, -0.1) is 0 Å². The molecule has 0 bridgehead atoms. The van der Waals surface area contributed by atoms with E-state index < -0.39 is 0 Å². The molecule has 0 heterocycles. The van der Waals surface area contributed by atoms with Gasteiger partial charge in [-0.25, -0.2) is 0 Å². The molecule has 1 aliphatic rings. The maximum atomic E-state index is 11.2. The minimum Gasteiger partial charge on any atom is -0.463 e. The molecule has 0 aromatic heterocycles. The Balaban J connectivity index is 2.07. The first-order valence-corrected chi connectivity index (χ1v) is 5.38. The highest BCUT2D eigenvalue weighted by Crippen LogP contribution is 2.28. The topological polar surface area (TPSA) is 26.3 Å². The van der Waals surface area contributed by atoms with Gasteiger partial charge in [0.15, 0.2) is 0 Å². The summed E-state index contributed by atoms with van der Waals surface area (Å²) in [6, 6.07) is 0. The summed E-state index contributed by atoms with van der Waals surface area (Å²) in [5, 5.41) is 0. The lowest BCUT2D eigenvalue weighted by atomic mass is 10.0. The maximum Gasteiger partial charge on any atom is 0.306 e. The van der Waals surface area contributed by atoms with Gasteiger partial charge in [0.2, 0.25) is 0 Å². The molecule has 1 saturated carbocycles. The molecule has 0 aromatic carbocycles. The van der Waals surface area contributed by atoms with Crippen molar-refractivity contribution in [3.63, 3.8) is 0 Å². The van der Waals surface area contributed by atoms with Crippen molar-refractivity contribution in [2.45, 2.75) is 58.5 Å². The van der Waals surface area contributed by atoms with Gasteiger partial charge < -0.3 is 4.74 Å². The first kappa shape index (κ1) is 10.6. The van der Waals surface area contributed by atoms with Crippen molar-refractivity contribution >= 4 is 5.97 Å². The summed E-state index contributed by atoms with van der Waals surface area (Å²) >= 11 is 0. The summed E-state index contributed by atoms with van der Waals surface area (Å²) in [5.74, 6) is 0.765. The van der Waals surface area contributed by atoms with Crippen LogP contribution in [0.3, 0.4) is 0 Å². The van der Waals surface area contributed by atoms with Crippen LogP contribution in [0.1, 0.15) is 52.4 Å². The lowest BCUT2D eigenvalue weighted by molar-refractivity contribution is -0.147. The number of carbonyl (C=O) groups excluding carboxylic acids is 1. The zero-order valence-corrected chi connectivity index (χ0v) is 8.71. The van der Waals surface area contributed by atoms with Gasteiger partial charge in [-0.2, -0.15) is 0 Å². The van der Waals surface area contributed by atoms with E-state index in [0.29, 0.717) is 6.42 Å². The van der Waals surface area contributed by atoms with Crippen molar-refractivity contribution in [3.05, 3.63) is 0 Å². The molecule has 1 fully saturated rings. The third-order valence-corrected chi connectivity index (χ3v) is 2.60. The fourth-order valence-electron chi connectivity index (χ4n) is 1.94. The Labute approximate surface area is 80.7 Å². The molecule has 2 heteroatoms. The Hall–Kier alpha value is -0.530. The predicted molar refractivity (Wildman–Crippen MR) is 52.4 cm³/mol. The second-order valence-corrected chi connectivity index (χ2v) is 4.23. The largest absolute Gasteiger partial charge is 0.463 e. The van der Waals surface area contributed by atoms with Gasteiger partial charge in [0.05, 0.1) is 6.10 Å². The van der Waals surface area contributed by atoms with Gasteiger partial charge in [0, 0.05) is 6.42 Å². The van der Waals surface area contributed by atoms with Gasteiger partial charge in [0.1, 0.15) is 0 Å². The summed E-state index contributed by atoms with van der Waals surface area (Å²) < 4.78 is 5.07. The second-order valence-electron chi connectivity index (χ2n) is 4.23. The molecule has 0 unspecified atom stereocenters. The van der Waals surface area contributed by atoms with E-state index in [9.17, 15) is 4.79 Å². The number of carbonyl (C=O) groups is 1. The van der Waals surface area contributed by atoms with Gasteiger partial charge >= 0.3 is 5.97 Å². The Morgan fingerprint density at radius 1 is 1.38 bits per heavy atom. The standard InChI is InChI=1S/C11H20O2/c1-9(2)13-11(12)8-7-10-5-3-4-6-10/h9-10H,3-8H2,1-2H3. The van der Waals surface area contributed by atoms with Crippen LogP contribution in [0.25, 0.3) is 0 Å². The molecule has 0 N–H and O–H groups in total. The van der Waals surface area contributed by atoms with Crippen LogP contribution in [-0.2, 0) is 9.53 Å². The van der Waals surface area contributed by atoms with Crippen LogP contribution in [0, 0.1) is 5.92 Å². The van der Waals surface area contributed by atoms with Crippen molar-refractivity contribution in [1.29, 1.82) is 0 Å². The monoisotopic (exact) mass is 184 g/mol. The molecule has 2 nitrogen and oxygen atoms in total. The van der Waals surface area contributed by atoms with Gasteiger partial charge in [-0.05, 0) is 26.2 Å². The molecule has 0 saturated heterocycles. The van der Waals surface area contributed by atoms with Crippen molar-refractivity contribution in [3.8, 4) is 0 Å². The van der Waals surface area contributed by atoms with E-state index in [1.54, 1.807) is 0 Å². The van der Waals surface area contributed by atoms with Crippen LogP contribution < -0.4 is 0 Å². The van der Waals surface area contributed by atoms with Gasteiger partial charge in [0.25, 0.3) is 0 Å². The first-order valence-electron chi connectivity index (χ1n) is 5.38. The van der Waals surface area contributed by atoms with Crippen LogP contribution >= 0.6 is 0 Å². The van der Waals surface area contributed by atoms with Crippen LogP contribution in [0.15, 0.2) is 0 Å². The van der Waals surface area contributed by atoms with Crippen molar-refractivity contribution in [1.82, 2.24) is 0 Å². The summed E-state index contributed by atoms with van der Waals surface area (Å²) in [6.07, 6.45) is 7.02. The summed E-state index contributed by atoms with van der Waals surface area (Å²) in [6.45, 7) is 3.79. The molecule has 0 aromatic rings. The summed E-state index contributed by atoms with van der Waals surface area (Å²) in [5.41, 5.74) is 0. The maximum absolute atomic E-state index is 11.2. The molecule has 0 radical (unpaired) electrons. The molecular weight excluding hydrogens is 164 g/mol. The second kappa shape index (κ2) is 5.25. The van der Waals surface area contributed by atoms with E-state index in [1.165, 1.54) is 25.7 Å². The quantitative estimate of drug-likeness (QED) is 0.628. The third kappa shape index (κ3) is 4.30. The van der Waals surface area contributed by atoms with Crippen molar-refractivity contribution < 1.29 is 9.53 Å². The number of esters is 1. The lowest BCUT2D eigenvalue weighted by Crippen LogP contribution is -2.12. The van der Waals surface area contributed by atoms with Crippen LogP contribution in [-0.4, -0.2) is 12.1 Å². The minimum atomic E-state index is -0.0260. The SMILES string of the molecule is CC(C)OC(=O)CCC1CCCC1. The van der Waals surface area contributed by atoms with E-state index in [-0.39, 0.29) is 12.1 Å². The molecule has 0 aliphatic heterocycles. The zero-order chi connectivity index (χ0) is 9.68. The molecule has 76 valence electrons. The van der Waals surface area contributed by atoms with E-state index in [4.69, 9.17) is 4.74 Å². The van der Waals surface area contributed by atoms with Crippen molar-refractivity contribution in [2.24, 2.45) is 5.92 Å². The zero-order valence-electron chi connectivity index (χ0n) is 8.71. The highest BCUT2D eigenvalue weighted by molar-refractivity contribution is 5.69. The average Bonchev–Trinajstić information content (AvgIpc) is 2.51. The minimum absolute atomic E-state index is 0.0260. The predicted octanol–water partition coefficient (Wildman–Crippen LogP) is 2.91. The Bertz CT molecular complexity index is 157. The number of hydrogen-bond donors (Lipinski definition) is 0. The molecule has 0 amide bonds. The summed E-state index contributed by atoms with van der Waals surface area (Å²) in [4.78, 5) is 11.2. The molecular formula is C11H20O2. The number of hydrogen-bond acceptors (Lipinski definition) is 2. The van der Waals surface area contributed by atoms with Gasteiger partial charge in [-0.1, -0.05) is 25.7 Å². The molecule has 13 heavy (non-hydrogen) atoms. The third-order valence-electron chi connectivity index (χ3n) is 2.60. The number of ether oxygens (including phenoxy) is 1. The molecule has 1 aliphatic carbocycles. The van der Waals surface area contributed by atoms with E-state index in [2.05, 4.69) is 0 Å². The molecule has 0 spiro atoms. The lowest BCUT2D eigenvalue weighted by Gasteiger charge is -2.10. The average molecular weight is 184 g/mol. The van der Waals surface area contributed by atoms with Crippen LogP contribution in [0.2, 0.25) is 0 Å². The highest BCUT2D eigenvalue weighted by Gasteiger charge is 2.16. The smallest absolute Gasteiger partial charge is 0.306 e. The molecule has 1 rings (SSSR count). The summed E-state index contributed by atoms with van der Waals surface area (Å²) in [7, 11) is 0. The fraction of sp³-hybridized carbons (Fsp3) is 0.909. The Kier molecular flexibility index (Phi) is 4.26. The van der Waals surface area contributed by atoms with Crippen LogP contribution in [0.4, 0.5) is 0 Å². The first-order chi connectivity index (χ1) is 6.18. The van der Waals surface area contributed by atoms with E-state index in [1.807, 2.05) is 13.8 Å². The highest BCUT2D eigenvalue weighted by atomic mass is 16.5. The van der Waals surface area contributed by atoms with Crippen LogP contribution in [0.5, 0.6) is 0 Å². The van der Waals surface area contributed by atoms with E-state index >= 15 is 0 Å². The number of rotatable bonds is 4. The Morgan fingerprint density at radius 3 is 2.54 bits per heavy atom. The normalized spacial score (nSPS) is 18.1. The van der Waals surface area contributed by atoms with E-state index in [0.717, 1.165) is 12.3 Å². The Morgan fingerprint density at radius 2 is 2.00 bits per heavy atom.